The van der Waals surface area contributed by atoms with Crippen LogP contribution in [0.5, 0.6) is 0 Å². The molecule has 1 amide bonds. The molecule has 1 heterocycles. The van der Waals surface area contributed by atoms with Crippen molar-refractivity contribution in [3.05, 3.63) is 29.8 Å². The van der Waals surface area contributed by atoms with E-state index in [0.29, 0.717) is 12.5 Å². The number of benzene rings is 1. The smallest absolute Gasteiger partial charge is 0.238 e. The van der Waals surface area contributed by atoms with Crippen LogP contribution in [0.25, 0.3) is 0 Å². The predicted octanol–water partition coefficient (Wildman–Crippen LogP) is 2.03. The molecule has 0 aliphatic carbocycles. The summed E-state index contributed by atoms with van der Waals surface area (Å²) in [6.45, 7) is 5.14. The summed E-state index contributed by atoms with van der Waals surface area (Å²) in [7, 11) is 0. The summed E-state index contributed by atoms with van der Waals surface area (Å²) >= 11 is 0. The number of nitrogens with two attached hydrogens (primary N) is 1. The van der Waals surface area contributed by atoms with Gasteiger partial charge >= 0.3 is 0 Å². The number of nitrogens with zero attached hydrogens (tertiary/aromatic N) is 1. The van der Waals surface area contributed by atoms with E-state index < -0.39 is 0 Å². The van der Waals surface area contributed by atoms with Gasteiger partial charge in [0.1, 0.15) is 0 Å². The minimum atomic E-state index is 0. The predicted molar refractivity (Wildman–Crippen MR) is 85.3 cm³/mol. The summed E-state index contributed by atoms with van der Waals surface area (Å²) in [4.78, 5) is 14.2. The van der Waals surface area contributed by atoms with Crippen molar-refractivity contribution in [2.24, 2.45) is 11.7 Å². The minimum Gasteiger partial charge on any atom is -0.330 e. The van der Waals surface area contributed by atoms with Crippen LogP contribution in [-0.4, -0.2) is 37.0 Å². The van der Waals surface area contributed by atoms with Crippen LogP contribution in [0.15, 0.2) is 24.3 Å². The van der Waals surface area contributed by atoms with Gasteiger partial charge in [0, 0.05) is 12.2 Å². The first-order chi connectivity index (χ1) is 9.17. The molecule has 0 spiro atoms. The van der Waals surface area contributed by atoms with Crippen LogP contribution < -0.4 is 11.1 Å². The van der Waals surface area contributed by atoms with E-state index in [1.807, 2.05) is 31.2 Å². The van der Waals surface area contributed by atoms with Gasteiger partial charge in [0.15, 0.2) is 0 Å². The molecule has 3 N–H and O–H groups in total. The molecule has 0 bridgehead atoms. The van der Waals surface area contributed by atoms with Gasteiger partial charge in [0.2, 0.25) is 5.91 Å². The summed E-state index contributed by atoms with van der Waals surface area (Å²) in [5.41, 5.74) is 7.73. The molecule has 1 aromatic rings. The zero-order valence-corrected chi connectivity index (χ0v) is 12.8. The van der Waals surface area contributed by atoms with Crippen LogP contribution in [0.4, 0.5) is 5.69 Å². The average molecular weight is 298 g/mol. The zero-order chi connectivity index (χ0) is 13.7. The number of anilines is 1. The van der Waals surface area contributed by atoms with Crippen LogP contribution in [-0.2, 0) is 4.79 Å². The first kappa shape index (κ1) is 17.0. The standard InChI is InChI=1S/C15H23N3O.ClH/c1-12-4-2-6-14(8-12)17-15(19)11-18-7-3-5-13(9-16)10-18;/h2,4,6,8,13H,3,5,7,9-11,16H2,1H3,(H,17,19);1H. The number of aryl methyl sites for hydroxylation is 1. The van der Waals surface area contributed by atoms with Gasteiger partial charge < -0.3 is 11.1 Å². The fourth-order valence-electron chi connectivity index (χ4n) is 2.61. The van der Waals surface area contributed by atoms with Crippen LogP contribution in [0, 0.1) is 12.8 Å². The molecular weight excluding hydrogens is 274 g/mol. The van der Waals surface area contributed by atoms with E-state index in [4.69, 9.17) is 5.73 Å². The van der Waals surface area contributed by atoms with Crippen molar-refractivity contribution in [1.29, 1.82) is 0 Å². The van der Waals surface area contributed by atoms with E-state index in [2.05, 4.69) is 10.2 Å². The van der Waals surface area contributed by atoms with Crippen molar-refractivity contribution in [3.63, 3.8) is 0 Å². The second-order valence-corrected chi connectivity index (χ2v) is 5.40. The normalized spacial score (nSPS) is 19.2. The molecule has 0 saturated carbocycles. The summed E-state index contributed by atoms with van der Waals surface area (Å²) < 4.78 is 0. The third kappa shape index (κ3) is 5.12. The van der Waals surface area contributed by atoms with E-state index in [1.54, 1.807) is 0 Å². The number of hydrogen-bond acceptors (Lipinski definition) is 3. The number of carbonyl (C=O) groups is 1. The van der Waals surface area contributed by atoms with Gasteiger partial charge in [0.05, 0.1) is 6.54 Å². The number of likely N-dealkylation sites (tertiary alicyclic amines) is 1. The van der Waals surface area contributed by atoms with Gasteiger partial charge in [-0.2, -0.15) is 0 Å². The molecule has 4 nitrogen and oxygen atoms in total. The number of amides is 1. The Kier molecular flexibility index (Phi) is 6.99. The lowest BCUT2D eigenvalue weighted by molar-refractivity contribution is -0.117. The number of piperidine rings is 1. The van der Waals surface area contributed by atoms with Crippen molar-refractivity contribution in [2.45, 2.75) is 19.8 Å². The van der Waals surface area contributed by atoms with Crippen LogP contribution in [0.2, 0.25) is 0 Å². The van der Waals surface area contributed by atoms with Crippen LogP contribution in [0.1, 0.15) is 18.4 Å². The van der Waals surface area contributed by atoms with Crippen molar-refractivity contribution >= 4 is 24.0 Å². The van der Waals surface area contributed by atoms with Gasteiger partial charge in [-0.15, -0.1) is 12.4 Å². The van der Waals surface area contributed by atoms with Crippen LogP contribution >= 0.6 is 12.4 Å². The number of halogens is 1. The van der Waals surface area contributed by atoms with Gasteiger partial charge in [0.25, 0.3) is 0 Å². The van der Waals surface area contributed by atoms with Gasteiger partial charge in [-0.25, -0.2) is 0 Å². The van der Waals surface area contributed by atoms with E-state index in [1.165, 1.54) is 6.42 Å². The topological polar surface area (TPSA) is 58.4 Å². The Balaban J connectivity index is 0.00000200. The Bertz CT molecular complexity index is 439. The molecule has 1 unspecified atom stereocenters. The van der Waals surface area contributed by atoms with Crippen molar-refractivity contribution in [2.75, 3.05) is 31.5 Å². The molecule has 1 saturated heterocycles. The monoisotopic (exact) mass is 297 g/mol. The third-order valence-electron chi connectivity index (χ3n) is 3.61. The van der Waals surface area contributed by atoms with E-state index in [-0.39, 0.29) is 18.3 Å². The van der Waals surface area contributed by atoms with Crippen LogP contribution in [0.3, 0.4) is 0 Å². The largest absolute Gasteiger partial charge is 0.330 e. The molecule has 1 fully saturated rings. The molecule has 20 heavy (non-hydrogen) atoms. The lowest BCUT2D eigenvalue weighted by Crippen LogP contribution is -2.42. The molecule has 1 aromatic carbocycles. The Morgan fingerprint density at radius 3 is 3.00 bits per heavy atom. The summed E-state index contributed by atoms with van der Waals surface area (Å²) in [5.74, 6) is 0.601. The van der Waals surface area contributed by atoms with Gasteiger partial charge in [-0.05, 0) is 56.5 Å². The first-order valence-electron chi connectivity index (χ1n) is 6.96. The number of rotatable bonds is 4. The first-order valence-corrected chi connectivity index (χ1v) is 6.96. The molecule has 1 aliphatic rings. The average Bonchev–Trinajstić information content (AvgIpc) is 2.38. The molecule has 2 rings (SSSR count). The van der Waals surface area contributed by atoms with Crippen molar-refractivity contribution in [3.8, 4) is 0 Å². The molecular formula is C15H24ClN3O. The van der Waals surface area contributed by atoms with E-state index >= 15 is 0 Å². The van der Waals surface area contributed by atoms with Gasteiger partial charge in [-0.3, -0.25) is 9.69 Å². The third-order valence-corrected chi connectivity index (χ3v) is 3.61. The molecule has 112 valence electrons. The molecule has 0 radical (unpaired) electrons. The zero-order valence-electron chi connectivity index (χ0n) is 12.0. The fourth-order valence-corrected chi connectivity index (χ4v) is 2.61. The SMILES string of the molecule is Cc1cccc(NC(=O)CN2CCCC(CN)C2)c1.Cl. The fraction of sp³-hybridized carbons (Fsp3) is 0.533. The highest BCUT2D eigenvalue weighted by Gasteiger charge is 2.20. The lowest BCUT2D eigenvalue weighted by Gasteiger charge is -2.31. The lowest BCUT2D eigenvalue weighted by atomic mass is 9.98. The highest BCUT2D eigenvalue weighted by atomic mass is 35.5. The highest BCUT2D eigenvalue weighted by Crippen LogP contribution is 2.15. The Hall–Kier alpha value is -1.10. The molecule has 0 aromatic heterocycles. The highest BCUT2D eigenvalue weighted by molar-refractivity contribution is 5.92. The molecule has 5 heteroatoms. The maximum Gasteiger partial charge on any atom is 0.238 e. The van der Waals surface area contributed by atoms with Crippen molar-refractivity contribution in [1.82, 2.24) is 4.90 Å². The number of hydrogen-bond donors (Lipinski definition) is 2. The number of carbonyl (C=O) groups excluding carboxylic acids is 1. The van der Waals surface area contributed by atoms with E-state index in [9.17, 15) is 4.79 Å². The van der Waals surface area contributed by atoms with E-state index in [0.717, 1.165) is 37.3 Å². The number of nitrogens with one attached hydrogen (secondary N) is 1. The van der Waals surface area contributed by atoms with Gasteiger partial charge in [-0.1, -0.05) is 12.1 Å². The molecule has 1 aliphatic heterocycles. The van der Waals surface area contributed by atoms with Crippen molar-refractivity contribution < 1.29 is 4.79 Å². The quantitative estimate of drug-likeness (QED) is 0.894. The summed E-state index contributed by atoms with van der Waals surface area (Å²) in [6.07, 6.45) is 2.33. The molecule has 1 atom stereocenters. The maximum absolute atomic E-state index is 12.0. The maximum atomic E-state index is 12.0. The second-order valence-electron chi connectivity index (χ2n) is 5.40. The second kappa shape index (κ2) is 8.25. The summed E-state index contributed by atoms with van der Waals surface area (Å²) in [5, 5.41) is 2.95. The Morgan fingerprint density at radius 2 is 2.30 bits per heavy atom. The Labute approximate surface area is 127 Å². The minimum absolute atomic E-state index is 0. The summed E-state index contributed by atoms with van der Waals surface area (Å²) in [6, 6.07) is 7.88. The Morgan fingerprint density at radius 1 is 1.50 bits per heavy atom.